The Balaban J connectivity index is 1.51. The topological polar surface area (TPSA) is 41.0 Å². The first-order valence-electron chi connectivity index (χ1n) is 6.74. The number of H-pyrrole nitrogens is 1. The van der Waals surface area contributed by atoms with Crippen molar-refractivity contribution < 1.29 is 0 Å². The van der Waals surface area contributed by atoms with Crippen LogP contribution in [0.3, 0.4) is 0 Å². The molecule has 0 amide bonds. The molecule has 5 heteroatoms. The highest BCUT2D eigenvalue weighted by molar-refractivity contribution is 8.38. The summed E-state index contributed by atoms with van der Waals surface area (Å²) < 4.78 is 1.12. The van der Waals surface area contributed by atoms with Crippen molar-refractivity contribution >= 4 is 44.6 Å². The molecule has 2 aromatic carbocycles. The fourth-order valence-electron chi connectivity index (χ4n) is 2.29. The van der Waals surface area contributed by atoms with Crippen molar-refractivity contribution in [2.45, 2.75) is 11.5 Å². The third kappa shape index (κ3) is 2.71. The molecule has 0 bridgehead atoms. The summed E-state index contributed by atoms with van der Waals surface area (Å²) in [7, 11) is 0. The van der Waals surface area contributed by atoms with Crippen molar-refractivity contribution in [2.24, 2.45) is 4.99 Å². The number of benzene rings is 2. The normalized spacial score (nSPS) is 14.0. The van der Waals surface area contributed by atoms with E-state index in [0.717, 1.165) is 38.4 Å². The number of hydrogen-bond donors (Lipinski definition) is 1. The zero-order valence-corrected chi connectivity index (χ0v) is 12.9. The van der Waals surface area contributed by atoms with Crippen LogP contribution in [0.15, 0.2) is 53.5 Å². The molecule has 0 atom stereocenters. The van der Waals surface area contributed by atoms with Gasteiger partial charge in [-0.1, -0.05) is 53.9 Å². The largest absolute Gasteiger partial charge is 0.341 e. The molecule has 1 aliphatic heterocycles. The molecule has 0 fully saturated rings. The van der Waals surface area contributed by atoms with E-state index in [1.54, 1.807) is 23.5 Å². The van der Waals surface area contributed by atoms with Crippen LogP contribution in [0, 0.1) is 0 Å². The van der Waals surface area contributed by atoms with Gasteiger partial charge < -0.3 is 4.98 Å². The number of rotatable bonds is 2. The Bertz CT molecular complexity index is 790. The van der Waals surface area contributed by atoms with Crippen LogP contribution in [-0.2, 0) is 11.5 Å². The van der Waals surface area contributed by atoms with E-state index in [2.05, 4.69) is 34.2 Å². The van der Waals surface area contributed by atoms with E-state index >= 15 is 0 Å². The first-order chi connectivity index (χ1) is 10.4. The first-order valence-corrected chi connectivity index (χ1v) is 8.71. The summed E-state index contributed by atoms with van der Waals surface area (Å²) in [6.07, 6.45) is 0. The minimum atomic E-state index is 0.822. The molecule has 0 unspecified atom stereocenters. The Morgan fingerprint density at radius 3 is 2.90 bits per heavy atom. The lowest BCUT2D eigenvalue weighted by Crippen LogP contribution is -1.96. The number of nitrogens with zero attached hydrogens (tertiary/aromatic N) is 2. The fraction of sp³-hybridized carbons (Fsp3) is 0.125. The molecule has 21 heavy (non-hydrogen) atoms. The average Bonchev–Trinajstić information content (AvgIpc) is 2.95. The molecule has 0 spiro atoms. The summed E-state index contributed by atoms with van der Waals surface area (Å²) in [5.41, 5.74) is 4.53. The summed E-state index contributed by atoms with van der Waals surface area (Å²) in [4.78, 5) is 12.7. The molecular weight excluding hydrogens is 298 g/mol. The van der Waals surface area contributed by atoms with Gasteiger partial charge in [0, 0.05) is 5.75 Å². The van der Waals surface area contributed by atoms with Gasteiger partial charge in [0.1, 0.15) is 10.2 Å². The third-order valence-corrected chi connectivity index (χ3v) is 5.58. The molecule has 1 aliphatic rings. The van der Waals surface area contributed by atoms with Gasteiger partial charge in [-0.25, -0.2) is 9.98 Å². The highest BCUT2D eigenvalue weighted by Crippen LogP contribution is 2.35. The number of fused-ring (bicyclic) bond motifs is 2. The molecule has 104 valence electrons. The molecule has 0 aliphatic carbocycles. The second-order valence-corrected chi connectivity index (χ2v) is 6.97. The van der Waals surface area contributed by atoms with Gasteiger partial charge in [0.25, 0.3) is 0 Å². The van der Waals surface area contributed by atoms with Gasteiger partial charge >= 0.3 is 0 Å². The Labute approximate surface area is 131 Å². The van der Waals surface area contributed by atoms with Gasteiger partial charge in [-0.15, -0.1) is 0 Å². The van der Waals surface area contributed by atoms with E-state index in [1.807, 2.05) is 24.3 Å². The van der Waals surface area contributed by atoms with Gasteiger partial charge in [0.15, 0.2) is 0 Å². The van der Waals surface area contributed by atoms with Gasteiger partial charge in [0.05, 0.1) is 22.5 Å². The second-order valence-electron chi connectivity index (χ2n) is 4.78. The highest BCUT2D eigenvalue weighted by atomic mass is 32.2. The van der Waals surface area contributed by atoms with E-state index in [9.17, 15) is 0 Å². The van der Waals surface area contributed by atoms with E-state index in [-0.39, 0.29) is 0 Å². The highest BCUT2D eigenvalue weighted by Gasteiger charge is 2.13. The fourth-order valence-corrected chi connectivity index (χ4v) is 4.22. The molecule has 0 saturated heterocycles. The Kier molecular flexibility index (Phi) is 3.45. The van der Waals surface area contributed by atoms with Crippen molar-refractivity contribution in [3.8, 4) is 0 Å². The number of aliphatic imine (C=N–C) groups is 1. The van der Waals surface area contributed by atoms with E-state index < -0.39 is 0 Å². The number of aromatic nitrogens is 2. The molecular formula is C16H13N3S2. The number of aromatic amines is 1. The number of imidazole rings is 1. The van der Waals surface area contributed by atoms with Gasteiger partial charge in [-0.3, -0.25) is 0 Å². The Morgan fingerprint density at radius 2 is 1.95 bits per heavy atom. The standard InChI is InChI=1S/C16H13N3S2/c1-2-6-12-11(5-1)9-20-16(19-12)21-10-15-17-13-7-3-4-8-14(13)18-15/h1-8H,9-10H2,(H,17,18). The Hall–Kier alpha value is -1.72. The molecule has 3 nitrogen and oxygen atoms in total. The maximum absolute atomic E-state index is 4.72. The average molecular weight is 311 g/mol. The molecule has 0 saturated carbocycles. The predicted octanol–water partition coefficient (Wildman–Crippen LogP) is 4.73. The van der Waals surface area contributed by atoms with Gasteiger partial charge in [-0.2, -0.15) is 0 Å². The predicted molar refractivity (Wildman–Crippen MR) is 92.2 cm³/mol. The van der Waals surface area contributed by atoms with Crippen LogP contribution in [0.25, 0.3) is 11.0 Å². The van der Waals surface area contributed by atoms with E-state index in [1.165, 1.54) is 5.56 Å². The van der Waals surface area contributed by atoms with Crippen molar-refractivity contribution in [3.05, 3.63) is 59.9 Å². The second kappa shape index (κ2) is 5.58. The minimum Gasteiger partial charge on any atom is -0.341 e. The van der Waals surface area contributed by atoms with Crippen LogP contribution in [0.2, 0.25) is 0 Å². The summed E-state index contributed by atoms with van der Waals surface area (Å²) in [6.45, 7) is 0. The first kappa shape index (κ1) is 13.0. The lowest BCUT2D eigenvalue weighted by Gasteiger charge is -2.13. The number of hydrogen-bond acceptors (Lipinski definition) is 4. The number of thioether (sulfide) groups is 2. The Morgan fingerprint density at radius 1 is 1.10 bits per heavy atom. The molecule has 0 radical (unpaired) electrons. The molecule has 4 rings (SSSR count). The van der Waals surface area contributed by atoms with Crippen molar-refractivity contribution in [2.75, 3.05) is 0 Å². The number of para-hydroxylation sites is 3. The van der Waals surface area contributed by atoms with Gasteiger partial charge in [0.2, 0.25) is 0 Å². The summed E-state index contributed by atoms with van der Waals surface area (Å²) in [6, 6.07) is 16.5. The van der Waals surface area contributed by atoms with Crippen LogP contribution in [0.1, 0.15) is 11.4 Å². The van der Waals surface area contributed by atoms with Crippen LogP contribution >= 0.6 is 23.5 Å². The van der Waals surface area contributed by atoms with Crippen LogP contribution in [0.5, 0.6) is 0 Å². The molecule has 3 aromatic rings. The van der Waals surface area contributed by atoms with E-state index in [0.29, 0.717) is 0 Å². The summed E-state index contributed by atoms with van der Waals surface area (Å²) in [5.74, 6) is 2.83. The maximum atomic E-state index is 4.72. The molecule has 2 heterocycles. The van der Waals surface area contributed by atoms with E-state index in [4.69, 9.17) is 4.99 Å². The van der Waals surface area contributed by atoms with Crippen LogP contribution < -0.4 is 0 Å². The van der Waals surface area contributed by atoms with Crippen molar-refractivity contribution in [1.29, 1.82) is 0 Å². The van der Waals surface area contributed by atoms with Crippen molar-refractivity contribution in [3.63, 3.8) is 0 Å². The van der Waals surface area contributed by atoms with Crippen molar-refractivity contribution in [1.82, 2.24) is 9.97 Å². The summed E-state index contributed by atoms with van der Waals surface area (Å²) in [5, 5.41) is 0. The SMILES string of the molecule is c1ccc2c(c1)CSC(SCc1nc3ccccc3[nH]1)=N2. The molecule has 1 aromatic heterocycles. The lowest BCUT2D eigenvalue weighted by molar-refractivity contribution is 1.14. The number of nitrogens with one attached hydrogen (secondary N) is 1. The zero-order chi connectivity index (χ0) is 14.1. The minimum absolute atomic E-state index is 0.822. The lowest BCUT2D eigenvalue weighted by atomic mass is 10.2. The monoisotopic (exact) mass is 311 g/mol. The third-order valence-electron chi connectivity index (χ3n) is 3.33. The van der Waals surface area contributed by atoms with Crippen LogP contribution in [-0.4, -0.2) is 14.3 Å². The van der Waals surface area contributed by atoms with Gasteiger partial charge in [-0.05, 0) is 23.8 Å². The zero-order valence-electron chi connectivity index (χ0n) is 11.2. The van der Waals surface area contributed by atoms with Crippen LogP contribution in [0.4, 0.5) is 5.69 Å². The molecule has 1 N–H and O–H groups in total. The maximum Gasteiger partial charge on any atom is 0.131 e. The quantitative estimate of drug-likeness (QED) is 0.744. The smallest absolute Gasteiger partial charge is 0.131 e. The summed E-state index contributed by atoms with van der Waals surface area (Å²) >= 11 is 3.55.